The topological polar surface area (TPSA) is 40.5 Å². The third-order valence-corrected chi connectivity index (χ3v) is 3.32. The van der Waals surface area contributed by atoms with E-state index >= 15 is 0 Å². The van der Waals surface area contributed by atoms with Crippen molar-refractivity contribution in [2.45, 2.75) is 4.90 Å². The largest absolute Gasteiger partial charge is 0.507 e. The van der Waals surface area contributed by atoms with E-state index in [0.717, 1.165) is 0 Å². The lowest BCUT2D eigenvalue weighted by Crippen LogP contribution is -2.32. The van der Waals surface area contributed by atoms with Crippen molar-refractivity contribution in [2.75, 3.05) is 18.8 Å². The van der Waals surface area contributed by atoms with Crippen LogP contribution in [0.25, 0.3) is 0 Å². The first-order chi connectivity index (χ1) is 8.69. The van der Waals surface area contributed by atoms with Crippen molar-refractivity contribution in [3.05, 3.63) is 49.6 Å². The molecular weight excluding hydrogens is 246 g/mol. The number of carbonyl (C=O) groups is 1. The van der Waals surface area contributed by atoms with Crippen molar-refractivity contribution in [2.24, 2.45) is 0 Å². The first-order valence-electron chi connectivity index (χ1n) is 5.59. The molecule has 1 N–H and O–H groups in total. The van der Waals surface area contributed by atoms with Gasteiger partial charge in [-0.05, 0) is 12.1 Å². The average molecular weight is 263 g/mol. The summed E-state index contributed by atoms with van der Waals surface area (Å²) in [6.45, 7) is 8.26. The van der Waals surface area contributed by atoms with Gasteiger partial charge in [-0.15, -0.1) is 24.9 Å². The zero-order valence-corrected chi connectivity index (χ0v) is 11.0. The fraction of sp³-hybridized carbons (Fsp3) is 0.214. The Labute approximate surface area is 112 Å². The average Bonchev–Trinajstić information content (AvgIpc) is 2.37. The molecule has 0 heterocycles. The standard InChI is InChI=1S/C14H17NO2S/c1-3-9-15(10-4-2)14(17)11-18-13-8-6-5-7-12(13)16/h3-8,16H,1-2,9-11H2. The molecular formula is C14H17NO2S. The highest BCUT2D eigenvalue weighted by Crippen LogP contribution is 2.27. The molecule has 0 radical (unpaired) electrons. The van der Waals surface area contributed by atoms with Gasteiger partial charge >= 0.3 is 0 Å². The van der Waals surface area contributed by atoms with Crippen LogP contribution in [0.5, 0.6) is 5.75 Å². The molecule has 0 aliphatic carbocycles. The molecule has 1 amide bonds. The Kier molecular flexibility index (Phi) is 6.08. The minimum absolute atomic E-state index is 0.00283. The smallest absolute Gasteiger partial charge is 0.233 e. The highest BCUT2D eigenvalue weighted by molar-refractivity contribution is 8.00. The SMILES string of the molecule is C=CCN(CC=C)C(=O)CSc1ccccc1O. The molecule has 0 aliphatic heterocycles. The molecule has 0 atom stereocenters. The van der Waals surface area contributed by atoms with Crippen LogP contribution in [-0.4, -0.2) is 34.8 Å². The van der Waals surface area contributed by atoms with E-state index in [0.29, 0.717) is 23.7 Å². The second-order valence-electron chi connectivity index (χ2n) is 3.63. The number of benzene rings is 1. The number of thioether (sulfide) groups is 1. The van der Waals surface area contributed by atoms with E-state index in [4.69, 9.17) is 0 Å². The van der Waals surface area contributed by atoms with Crippen LogP contribution in [0.3, 0.4) is 0 Å². The minimum Gasteiger partial charge on any atom is -0.507 e. The molecule has 1 aromatic carbocycles. The van der Waals surface area contributed by atoms with Crippen LogP contribution in [0.4, 0.5) is 0 Å². The van der Waals surface area contributed by atoms with E-state index in [1.54, 1.807) is 35.3 Å². The molecule has 0 unspecified atom stereocenters. The molecule has 0 saturated carbocycles. The molecule has 1 rings (SSSR count). The summed E-state index contributed by atoms with van der Waals surface area (Å²) in [5, 5.41) is 9.59. The Morgan fingerprint density at radius 2 is 1.89 bits per heavy atom. The van der Waals surface area contributed by atoms with Crippen LogP contribution in [0.1, 0.15) is 0 Å². The summed E-state index contributed by atoms with van der Waals surface area (Å²) in [4.78, 5) is 14.3. The quantitative estimate of drug-likeness (QED) is 0.607. The fourth-order valence-corrected chi connectivity index (χ4v) is 2.25. The zero-order valence-electron chi connectivity index (χ0n) is 10.2. The van der Waals surface area contributed by atoms with Gasteiger partial charge in [0.25, 0.3) is 0 Å². The van der Waals surface area contributed by atoms with E-state index in [2.05, 4.69) is 13.2 Å². The molecule has 0 aromatic heterocycles. The second kappa shape index (κ2) is 7.61. The third-order valence-electron chi connectivity index (χ3n) is 2.27. The summed E-state index contributed by atoms with van der Waals surface area (Å²) >= 11 is 1.33. The summed E-state index contributed by atoms with van der Waals surface area (Å²) in [7, 11) is 0. The number of para-hydroxylation sites is 1. The van der Waals surface area contributed by atoms with Crippen molar-refractivity contribution in [3.8, 4) is 5.75 Å². The molecule has 0 spiro atoms. The van der Waals surface area contributed by atoms with Crippen LogP contribution >= 0.6 is 11.8 Å². The van der Waals surface area contributed by atoms with Gasteiger partial charge in [-0.2, -0.15) is 0 Å². The van der Waals surface area contributed by atoms with Crippen LogP contribution < -0.4 is 0 Å². The van der Waals surface area contributed by atoms with Gasteiger partial charge in [-0.3, -0.25) is 4.79 Å². The Morgan fingerprint density at radius 3 is 2.44 bits per heavy atom. The number of phenolic OH excluding ortho intramolecular Hbond substituents is 1. The number of carbonyl (C=O) groups excluding carboxylic acids is 1. The third kappa shape index (κ3) is 4.30. The van der Waals surface area contributed by atoms with Crippen molar-refractivity contribution in [1.82, 2.24) is 4.90 Å². The highest BCUT2D eigenvalue weighted by atomic mass is 32.2. The summed E-state index contributed by atoms with van der Waals surface area (Å²) in [6, 6.07) is 6.98. The monoisotopic (exact) mass is 263 g/mol. The highest BCUT2D eigenvalue weighted by Gasteiger charge is 2.11. The Morgan fingerprint density at radius 1 is 1.28 bits per heavy atom. The Bertz CT molecular complexity index is 422. The second-order valence-corrected chi connectivity index (χ2v) is 4.65. The maximum atomic E-state index is 11.9. The summed E-state index contributed by atoms with van der Waals surface area (Å²) in [5.41, 5.74) is 0. The van der Waals surface area contributed by atoms with Crippen molar-refractivity contribution in [3.63, 3.8) is 0 Å². The number of hydrogen-bond acceptors (Lipinski definition) is 3. The molecule has 1 aromatic rings. The van der Waals surface area contributed by atoms with Gasteiger partial charge in [-0.1, -0.05) is 24.3 Å². The summed E-state index contributed by atoms with van der Waals surface area (Å²) < 4.78 is 0. The van der Waals surface area contributed by atoms with E-state index < -0.39 is 0 Å². The van der Waals surface area contributed by atoms with Crippen molar-refractivity contribution in [1.29, 1.82) is 0 Å². The molecule has 0 bridgehead atoms. The lowest BCUT2D eigenvalue weighted by Gasteiger charge is -2.19. The molecule has 0 saturated heterocycles. The van der Waals surface area contributed by atoms with E-state index in [-0.39, 0.29) is 11.7 Å². The molecule has 3 nitrogen and oxygen atoms in total. The number of phenols is 1. The zero-order chi connectivity index (χ0) is 13.4. The normalized spacial score (nSPS) is 9.78. The van der Waals surface area contributed by atoms with E-state index in [1.165, 1.54) is 11.8 Å². The maximum absolute atomic E-state index is 11.9. The number of aromatic hydroxyl groups is 1. The van der Waals surface area contributed by atoms with Crippen molar-refractivity contribution >= 4 is 17.7 Å². The number of rotatable bonds is 7. The van der Waals surface area contributed by atoms with Crippen LogP contribution in [-0.2, 0) is 4.79 Å². The van der Waals surface area contributed by atoms with E-state index in [1.807, 2.05) is 6.07 Å². The fourth-order valence-electron chi connectivity index (χ4n) is 1.40. The predicted molar refractivity (Wildman–Crippen MR) is 75.8 cm³/mol. The van der Waals surface area contributed by atoms with Crippen LogP contribution in [0.2, 0.25) is 0 Å². The molecule has 96 valence electrons. The number of nitrogens with zero attached hydrogens (tertiary/aromatic N) is 1. The first-order valence-corrected chi connectivity index (χ1v) is 6.58. The van der Waals surface area contributed by atoms with Crippen molar-refractivity contribution < 1.29 is 9.90 Å². The van der Waals surface area contributed by atoms with Crippen LogP contribution in [0.15, 0.2) is 54.5 Å². The van der Waals surface area contributed by atoms with Gasteiger partial charge in [0.15, 0.2) is 0 Å². The Balaban J connectivity index is 2.56. The number of amides is 1. The molecule has 18 heavy (non-hydrogen) atoms. The van der Waals surface area contributed by atoms with Gasteiger partial charge in [0, 0.05) is 18.0 Å². The minimum atomic E-state index is 0.00283. The van der Waals surface area contributed by atoms with E-state index in [9.17, 15) is 9.90 Å². The van der Waals surface area contributed by atoms with Gasteiger partial charge in [0.1, 0.15) is 5.75 Å². The van der Waals surface area contributed by atoms with Gasteiger partial charge < -0.3 is 10.0 Å². The lowest BCUT2D eigenvalue weighted by molar-refractivity contribution is -0.127. The Hall–Kier alpha value is -1.68. The molecule has 0 fully saturated rings. The lowest BCUT2D eigenvalue weighted by atomic mass is 10.3. The van der Waals surface area contributed by atoms with Gasteiger partial charge in [-0.25, -0.2) is 0 Å². The van der Waals surface area contributed by atoms with Gasteiger partial charge in [0.2, 0.25) is 5.91 Å². The summed E-state index contributed by atoms with van der Waals surface area (Å²) in [6.07, 6.45) is 3.37. The summed E-state index contributed by atoms with van der Waals surface area (Å²) in [5.74, 6) is 0.497. The maximum Gasteiger partial charge on any atom is 0.233 e. The number of hydrogen-bond donors (Lipinski definition) is 1. The molecule has 0 aliphatic rings. The first kappa shape index (κ1) is 14.4. The van der Waals surface area contributed by atoms with Crippen LogP contribution in [0, 0.1) is 0 Å². The molecule has 4 heteroatoms. The predicted octanol–water partition coefficient (Wildman–Crippen LogP) is 2.68. The van der Waals surface area contributed by atoms with Gasteiger partial charge in [0.05, 0.1) is 5.75 Å².